The maximum absolute atomic E-state index is 13.5. The molecule has 0 saturated carbocycles. The lowest BCUT2D eigenvalue weighted by atomic mass is 9.91. The summed E-state index contributed by atoms with van der Waals surface area (Å²) in [5.41, 5.74) is 0.114. The third-order valence-corrected chi connectivity index (χ3v) is 4.95. The van der Waals surface area contributed by atoms with Gasteiger partial charge in [-0.1, -0.05) is 5.16 Å². The topological polar surface area (TPSA) is 88.7 Å². The SMILES string of the molecule is COCCc1noc(CC2CCN(C(C(=O)O)c3cc(F)cc(F)c3)CC2)n1. The van der Waals surface area contributed by atoms with Crippen molar-refractivity contribution in [3.63, 3.8) is 0 Å². The summed E-state index contributed by atoms with van der Waals surface area (Å²) in [6.07, 6.45) is 2.68. The van der Waals surface area contributed by atoms with Crippen LogP contribution >= 0.6 is 0 Å². The van der Waals surface area contributed by atoms with Crippen LogP contribution in [0, 0.1) is 17.6 Å². The zero-order chi connectivity index (χ0) is 20.1. The Morgan fingerprint density at radius 2 is 2.00 bits per heavy atom. The highest BCUT2D eigenvalue weighted by atomic mass is 19.1. The standard InChI is InChI=1S/C19H23F2N3O4/c1-27-7-4-16-22-17(28-23-16)8-12-2-5-24(6-3-12)18(19(25)26)13-9-14(20)11-15(21)10-13/h9-12,18H,2-8H2,1H3,(H,25,26). The molecule has 0 spiro atoms. The average Bonchev–Trinajstić information content (AvgIpc) is 3.08. The largest absolute Gasteiger partial charge is 0.480 e. The minimum Gasteiger partial charge on any atom is -0.480 e. The smallest absolute Gasteiger partial charge is 0.325 e. The Morgan fingerprint density at radius 3 is 2.61 bits per heavy atom. The number of piperidine rings is 1. The molecule has 3 rings (SSSR count). The van der Waals surface area contributed by atoms with Gasteiger partial charge in [0.25, 0.3) is 0 Å². The number of carboxylic acids is 1. The van der Waals surface area contributed by atoms with Gasteiger partial charge in [-0.15, -0.1) is 0 Å². The highest BCUT2D eigenvalue weighted by Crippen LogP contribution is 2.29. The lowest BCUT2D eigenvalue weighted by molar-refractivity contribution is -0.144. The molecule has 1 atom stereocenters. The van der Waals surface area contributed by atoms with Crippen LogP contribution in [0.2, 0.25) is 0 Å². The summed E-state index contributed by atoms with van der Waals surface area (Å²) in [6.45, 7) is 1.53. The number of carboxylic acid groups (broad SMARTS) is 1. The van der Waals surface area contributed by atoms with Gasteiger partial charge in [0.1, 0.15) is 17.7 Å². The fourth-order valence-electron chi connectivity index (χ4n) is 3.57. The van der Waals surface area contributed by atoms with Crippen molar-refractivity contribution in [3.05, 3.63) is 47.1 Å². The second kappa shape index (κ2) is 9.20. The second-order valence-corrected chi connectivity index (χ2v) is 6.97. The molecule has 9 heteroatoms. The summed E-state index contributed by atoms with van der Waals surface area (Å²) < 4.78 is 37.3. The maximum atomic E-state index is 13.5. The second-order valence-electron chi connectivity index (χ2n) is 6.97. The van der Waals surface area contributed by atoms with Crippen LogP contribution in [-0.2, 0) is 22.4 Å². The molecule has 1 aliphatic heterocycles. The first-order chi connectivity index (χ1) is 13.5. The molecule has 1 aromatic carbocycles. The van der Waals surface area contributed by atoms with Gasteiger partial charge in [-0.3, -0.25) is 9.69 Å². The lowest BCUT2D eigenvalue weighted by Gasteiger charge is -2.35. The molecule has 1 unspecified atom stereocenters. The zero-order valence-electron chi connectivity index (χ0n) is 15.6. The fraction of sp³-hybridized carbons (Fsp3) is 0.526. The number of aliphatic carboxylic acids is 1. The molecule has 0 aliphatic carbocycles. The van der Waals surface area contributed by atoms with E-state index in [1.807, 2.05) is 0 Å². The third-order valence-electron chi connectivity index (χ3n) is 4.95. The maximum Gasteiger partial charge on any atom is 0.325 e. The van der Waals surface area contributed by atoms with Crippen LogP contribution in [0.3, 0.4) is 0 Å². The summed E-state index contributed by atoms with van der Waals surface area (Å²) in [5.74, 6) is -1.23. The summed E-state index contributed by atoms with van der Waals surface area (Å²) in [4.78, 5) is 17.8. The molecule has 0 bridgehead atoms. The van der Waals surface area contributed by atoms with Gasteiger partial charge in [-0.25, -0.2) is 8.78 Å². The molecule has 1 fully saturated rings. The van der Waals surface area contributed by atoms with Gasteiger partial charge in [-0.05, 0) is 49.5 Å². The summed E-state index contributed by atoms with van der Waals surface area (Å²) >= 11 is 0. The molecule has 1 saturated heterocycles. The minimum absolute atomic E-state index is 0.114. The number of aromatic nitrogens is 2. The fourth-order valence-corrected chi connectivity index (χ4v) is 3.57. The van der Waals surface area contributed by atoms with Gasteiger partial charge in [-0.2, -0.15) is 4.98 Å². The predicted molar refractivity (Wildman–Crippen MR) is 94.6 cm³/mol. The average molecular weight is 395 g/mol. The van der Waals surface area contributed by atoms with E-state index in [4.69, 9.17) is 9.26 Å². The Hall–Kier alpha value is -2.39. The van der Waals surface area contributed by atoms with Crippen molar-refractivity contribution in [2.24, 2.45) is 5.92 Å². The van der Waals surface area contributed by atoms with Crippen LogP contribution in [0.4, 0.5) is 8.78 Å². The van der Waals surface area contributed by atoms with E-state index in [0.717, 1.165) is 31.0 Å². The number of halogens is 2. The zero-order valence-corrected chi connectivity index (χ0v) is 15.6. The number of ether oxygens (including phenoxy) is 1. The number of hydrogen-bond donors (Lipinski definition) is 1. The molecule has 0 amide bonds. The molecular weight excluding hydrogens is 372 g/mol. The van der Waals surface area contributed by atoms with Crippen LogP contribution in [0.5, 0.6) is 0 Å². The number of carbonyl (C=O) groups is 1. The van der Waals surface area contributed by atoms with Crippen molar-refractivity contribution in [1.82, 2.24) is 15.0 Å². The van der Waals surface area contributed by atoms with Gasteiger partial charge >= 0.3 is 5.97 Å². The predicted octanol–water partition coefficient (Wildman–Crippen LogP) is 2.62. The Bertz CT molecular complexity index is 786. The number of benzene rings is 1. The first-order valence-corrected chi connectivity index (χ1v) is 9.19. The van der Waals surface area contributed by atoms with E-state index in [1.165, 1.54) is 0 Å². The summed E-state index contributed by atoms with van der Waals surface area (Å²) in [7, 11) is 1.61. The van der Waals surface area contributed by atoms with Gasteiger partial charge in [0, 0.05) is 26.0 Å². The molecule has 28 heavy (non-hydrogen) atoms. The Morgan fingerprint density at radius 1 is 1.32 bits per heavy atom. The van der Waals surface area contributed by atoms with E-state index in [1.54, 1.807) is 12.0 Å². The highest BCUT2D eigenvalue weighted by Gasteiger charge is 2.32. The number of rotatable bonds is 8. The van der Waals surface area contributed by atoms with Crippen molar-refractivity contribution in [3.8, 4) is 0 Å². The van der Waals surface area contributed by atoms with Crippen molar-refractivity contribution in [2.75, 3.05) is 26.8 Å². The van der Waals surface area contributed by atoms with E-state index < -0.39 is 23.6 Å². The molecule has 152 valence electrons. The van der Waals surface area contributed by atoms with Gasteiger partial charge < -0.3 is 14.4 Å². The molecule has 1 aliphatic rings. The van der Waals surface area contributed by atoms with Crippen LogP contribution in [0.25, 0.3) is 0 Å². The normalized spacial score (nSPS) is 17.0. The van der Waals surface area contributed by atoms with Crippen molar-refractivity contribution in [2.45, 2.75) is 31.7 Å². The quantitative estimate of drug-likeness (QED) is 0.735. The van der Waals surface area contributed by atoms with Gasteiger partial charge in [0.2, 0.25) is 5.89 Å². The molecule has 1 N–H and O–H groups in total. The van der Waals surface area contributed by atoms with E-state index in [9.17, 15) is 18.7 Å². The molecular formula is C19H23F2N3O4. The number of nitrogens with zero attached hydrogens (tertiary/aromatic N) is 3. The molecule has 0 radical (unpaired) electrons. The third kappa shape index (κ3) is 5.11. The highest BCUT2D eigenvalue weighted by molar-refractivity contribution is 5.75. The van der Waals surface area contributed by atoms with E-state index in [0.29, 0.717) is 44.3 Å². The van der Waals surface area contributed by atoms with E-state index in [2.05, 4.69) is 10.1 Å². The monoisotopic (exact) mass is 395 g/mol. The summed E-state index contributed by atoms with van der Waals surface area (Å²) in [6, 6.07) is 1.82. The first kappa shape index (κ1) is 20.3. The van der Waals surface area contributed by atoms with Crippen molar-refractivity contribution in [1.29, 1.82) is 0 Å². The molecule has 2 aromatic rings. The van der Waals surface area contributed by atoms with Crippen LogP contribution in [0.15, 0.2) is 22.7 Å². The first-order valence-electron chi connectivity index (χ1n) is 9.19. The van der Waals surface area contributed by atoms with Crippen molar-refractivity contribution < 1.29 is 27.9 Å². The van der Waals surface area contributed by atoms with Gasteiger partial charge in [0.15, 0.2) is 5.82 Å². The van der Waals surface area contributed by atoms with Gasteiger partial charge in [0.05, 0.1) is 6.61 Å². The number of methoxy groups -OCH3 is 1. The molecule has 7 nitrogen and oxygen atoms in total. The molecule has 1 aromatic heterocycles. The minimum atomic E-state index is -1.12. The van der Waals surface area contributed by atoms with Crippen LogP contribution < -0.4 is 0 Å². The van der Waals surface area contributed by atoms with E-state index >= 15 is 0 Å². The van der Waals surface area contributed by atoms with Crippen LogP contribution in [0.1, 0.15) is 36.2 Å². The lowest BCUT2D eigenvalue weighted by Crippen LogP contribution is -2.40. The van der Waals surface area contributed by atoms with E-state index in [-0.39, 0.29) is 11.5 Å². The molecule has 2 heterocycles. The van der Waals surface area contributed by atoms with Crippen molar-refractivity contribution >= 4 is 5.97 Å². The number of likely N-dealkylation sites (tertiary alicyclic amines) is 1. The van der Waals surface area contributed by atoms with Crippen LogP contribution in [-0.4, -0.2) is 52.9 Å². The summed E-state index contributed by atoms with van der Waals surface area (Å²) in [5, 5.41) is 13.5. The Labute approximate surface area is 161 Å². The number of hydrogen-bond acceptors (Lipinski definition) is 6. The Kier molecular flexibility index (Phi) is 6.69. The Balaban J connectivity index is 1.60.